The number of nitrogens with zero attached hydrogens (tertiary/aromatic N) is 4. The number of aromatic amines is 1. The number of fused-ring (bicyclic) bond motifs is 1. The van der Waals surface area contributed by atoms with Gasteiger partial charge in [0.1, 0.15) is 17.8 Å². The summed E-state index contributed by atoms with van der Waals surface area (Å²) in [4.78, 5) is 11.5. The van der Waals surface area contributed by atoms with Crippen molar-refractivity contribution in [3.63, 3.8) is 0 Å². The second kappa shape index (κ2) is 5.32. The fourth-order valence-corrected chi connectivity index (χ4v) is 2.35. The van der Waals surface area contributed by atoms with E-state index in [0.717, 1.165) is 42.1 Å². The highest BCUT2D eigenvalue weighted by molar-refractivity contribution is 5.86. The van der Waals surface area contributed by atoms with E-state index in [1.54, 1.807) is 6.33 Å². The quantitative estimate of drug-likeness (QED) is 0.698. The highest BCUT2D eigenvalue weighted by Gasteiger charge is 2.04. The number of H-pyrrole nitrogens is 1. The fourth-order valence-electron chi connectivity index (χ4n) is 2.35. The van der Waals surface area contributed by atoms with Gasteiger partial charge in [-0.3, -0.25) is 4.68 Å². The molecule has 0 aliphatic carbocycles. The van der Waals surface area contributed by atoms with E-state index in [1.165, 1.54) is 5.69 Å². The van der Waals surface area contributed by atoms with Crippen molar-refractivity contribution in [2.24, 2.45) is 0 Å². The van der Waals surface area contributed by atoms with Gasteiger partial charge in [0.15, 0.2) is 0 Å². The molecule has 0 spiro atoms. The second-order valence-electron chi connectivity index (χ2n) is 4.89. The molecule has 3 aromatic heterocycles. The maximum Gasteiger partial charge on any atom is 0.142 e. The van der Waals surface area contributed by atoms with Crippen LogP contribution < -0.4 is 5.32 Å². The summed E-state index contributed by atoms with van der Waals surface area (Å²) in [6.07, 6.45) is 4.44. The third kappa shape index (κ3) is 2.49. The maximum absolute atomic E-state index is 4.45. The molecular formula is C14H18N6. The van der Waals surface area contributed by atoms with Crippen molar-refractivity contribution in [1.29, 1.82) is 0 Å². The first-order valence-corrected chi connectivity index (χ1v) is 6.77. The Hall–Kier alpha value is -2.37. The molecular weight excluding hydrogens is 252 g/mol. The molecule has 0 atom stereocenters. The van der Waals surface area contributed by atoms with Crippen molar-refractivity contribution in [3.8, 4) is 0 Å². The Morgan fingerprint density at radius 2 is 2.20 bits per heavy atom. The van der Waals surface area contributed by atoms with E-state index in [-0.39, 0.29) is 0 Å². The summed E-state index contributed by atoms with van der Waals surface area (Å²) in [5, 5.41) is 8.84. The van der Waals surface area contributed by atoms with E-state index in [4.69, 9.17) is 0 Å². The van der Waals surface area contributed by atoms with Gasteiger partial charge in [0, 0.05) is 25.0 Å². The van der Waals surface area contributed by atoms with Crippen LogP contribution in [0.4, 0.5) is 5.82 Å². The van der Waals surface area contributed by atoms with Crippen molar-refractivity contribution in [2.75, 3.05) is 11.9 Å². The molecule has 0 saturated carbocycles. The monoisotopic (exact) mass is 270 g/mol. The van der Waals surface area contributed by atoms with Crippen molar-refractivity contribution in [2.45, 2.75) is 26.8 Å². The summed E-state index contributed by atoms with van der Waals surface area (Å²) in [5.41, 5.74) is 3.14. The third-order valence-corrected chi connectivity index (χ3v) is 3.30. The summed E-state index contributed by atoms with van der Waals surface area (Å²) in [6, 6.07) is 4.08. The van der Waals surface area contributed by atoms with Crippen LogP contribution in [0.1, 0.15) is 17.8 Å². The molecule has 0 fully saturated rings. The van der Waals surface area contributed by atoms with Crippen molar-refractivity contribution in [1.82, 2.24) is 24.7 Å². The Morgan fingerprint density at radius 3 is 3.00 bits per heavy atom. The highest BCUT2D eigenvalue weighted by atomic mass is 15.3. The van der Waals surface area contributed by atoms with Crippen LogP contribution >= 0.6 is 0 Å². The van der Waals surface area contributed by atoms with Gasteiger partial charge in [-0.2, -0.15) is 5.10 Å². The van der Waals surface area contributed by atoms with Gasteiger partial charge in [-0.15, -0.1) is 0 Å². The van der Waals surface area contributed by atoms with E-state index in [0.29, 0.717) is 0 Å². The second-order valence-corrected chi connectivity index (χ2v) is 4.89. The first kappa shape index (κ1) is 12.7. The molecule has 3 heterocycles. The minimum Gasteiger partial charge on any atom is -0.369 e. The average Bonchev–Trinajstić information content (AvgIpc) is 3.01. The first-order chi connectivity index (χ1) is 9.74. The molecule has 20 heavy (non-hydrogen) atoms. The lowest BCUT2D eigenvalue weighted by Gasteiger charge is -2.07. The molecule has 0 aromatic carbocycles. The predicted molar refractivity (Wildman–Crippen MR) is 78.7 cm³/mol. The van der Waals surface area contributed by atoms with Gasteiger partial charge in [-0.25, -0.2) is 9.97 Å². The lowest BCUT2D eigenvalue weighted by Crippen LogP contribution is -2.09. The lowest BCUT2D eigenvalue weighted by molar-refractivity contribution is 0.573. The fraction of sp³-hybridized carbons (Fsp3) is 0.357. The number of nitrogens with one attached hydrogen (secondary N) is 2. The zero-order valence-corrected chi connectivity index (χ0v) is 11.7. The summed E-state index contributed by atoms with van der Waals surface area (Å²) < 4.78 is 2.04. The van der Waals surface area contributed by atoms with Crippen LogP contribution in [0.15, 0.2) is 24.7 Å². The van der Waals surface area contributed by atoms with Crippen LogP contribution in [-0.4, -0.2) is 31.3 Å². The molecule has 0 radical (unpaired) electrons. The van der Waals surface area contributed by atoms with Gasteiger partial charge < -0.3 is 10.3 Å². The number of hydrogen-bond donors (Lipinski definition) is 2. The Balaban J connectivity index is 1.58. The van der Waals surface area contributed by atoms with E-state index in [9.17, 15) is 0 Å². The molecule has 104 valence electrons. The largest absolute Gasteiger partial charge is 0.369 e. The van der Waals surface area contributed by atoms with Crippen LogP contribution in [0, 0.1) is 13.8 Å². The summed E-state index contributed by atoms with van der Waals surface area (Å²) in [6.45, 7) is 5.87. The van der Waals surface area contributed by atoms with Crippen LogP contribution in [0.3, 0.4) is 0 Å². The maximum atomic E-state index is 4.45. The molecule has 0 saturated heterocycles. The Morgan fingerprint density at radius 1 is 1.30 bits per heavy atom. The average molecular weight is 270 g/mol. The number of aryl methyl sites for hydroxylation is 3. The normalized spacial score (nSPS) is 11.1. The SMILES string of the molecule is Cc1cc(C)n(CCCNc2ncnc3[nH]ccc23)n1. The van der Waals surface area contributed by atoms with Crippen molar-refractivity contribution < 1.29 is 0 Å². The van der Waals surface area contributed by atoms with Crippen LogP contribution in [0.2, 0.25) is 0 Å². The number of anilines is 1. The van der Waals surface area contributed by atoms with E-state index in [2.05, 4.69) is 38.4 Å². The Kier molecular flexibility index (Phi) is 3.37. The molecule has 2 N–H and O–H groups in total. The van der Waals surface area contributed by atoms with Gasteiger partial charge in [0.05, 0.1) is 11.1 Å². The van der Waals surface area contributed by atoms with E-state index >= 15 is 0 Å². The smallest absolute Gasteiger partial charge is 0.142 e. The molecule has 0 aliphatic heterocycles. The topological polar surface area (TPSA) is 71.4 Å². The zero-order chi connectivity index (χ0) is 13.9. The summed E-state index contributed by atoms with van der Waals surface area (Å²) >= 11 is 0. The molecule has 0 bridgehead atoms. The van der Waals surface area contributed by atoms with Gasteiger partial charge in [-0.05, 0) is 32.4 Å². The first-order valence-electron chi connectivity index (χ1n) is 6.77. The minimum atomic E-state index is 0.857. The summed E-state index contributed by atoms with van der Waals surface area (Å²) in [7, 11) is 0. The van der Waals surface area contributed by atoms with Gasteiger partial charge >= 0.3 is 0 Å². The number of hydrogen-bond acceptors (Lipinski definition) is 4. The minimum absolute atomic E-state index is 0.857. The Bertz CT molecular complexity index is 711. The molecule has 0 unspecified atom stereocenters. The van der Waals surface area contributed by atoms with Crippen LogP contribution in [0.5, 0.6) is 0 Å². The highest BCUT2D eigenvalue weighted by Crippen LogP contribution is 2.17. The lowest BCUT2D eigenvalue weighted by atomic mass is 10.3. The van der Waals surface area contributed by atoms with Crippen molar-refractivity contribution in [3.05, 3.63) is 36.0 Å². The molecule has 3 rings (SSSR count). The molecule has 3 aromatic rings. The molecule has 0 aliphatic rings. The third-order valence-electron chi connectivity index (χ3n) is 3.30. The van der Waals surface area contributed by atoms with Crippen LogP contribution in [0.25, 0.3) is 11.0 Å². The van der Waals surface area contributed by atoms with Crippen molar-refractivity contribution >= 4 is 16.9 Å². The van der Waals surface area contributed by atoms with E-state index < -0.39 is 0 Å². The van der Waals surface area contributed by atoms with E-state index in [1.807, 2.05) is 23.9 Å². The van der Waals surface area contributed by atoms with Crippen LogP contribution in [-0.2, 0) is 6.54 Å². The number of rotatable bonds is 5. The standard InChI is InChI=1S/C14H18N6/c1-10-8-11(2)20(19-10)7-3-5-15-13-12-4-6-16-14(12)18-9-17-13/h4,6,8-9H,3,5,7H2,1-2H3,(H2,15,16,17,18). The number of aromatic nitrogens is 5. The zero-order valence-electron chi connectivity index (χ0n) is 11.7. The molecule has 0 amide bonds. The molecule has 6 heteroatoms. The molecule has 6 nitrogen and oxygen atoms in total. The summed E-state index contributed by atoms with van der Waals surface area (Å²) in [5.74, 6) is 0.879. The van der Waals surface area contributed by atoms with Gasteiger partial charge in [0.25, 0.3) is 0 Å². The predicted octanol–water partition coefficient (Wildman–Crippen LogP) is 2.27. The van der Waals surface area contributed by atoms with Gasteiger partial charge in [0.2, 0.25) is 0 Å². The Labute approximate surface area is 117 Å². The van der Waals surface area contributed by atoms with Gasteiger partial charge in [-0.1, -0.05) is 0 Å².